The molecule has 174 valence electrons. The number of nitrogens with one attached hydrogen (secondary N) is 1. The molecule has 2 heterocycles. The number of thiazole rings is 1. The number of ether oxygens (including phenoxy) is 2. The van der Waals surface area contributed by atoms with Crippen LogP contribution in [0.25, 0.3) is 22.2 Å². The summed E-state index contributed by atoms with van der Waals surface area (Å²) < 4.78 is 12.5. The minimum absolute atomic E-state index is 0.0483. The lowest BCUT2D eigenvalue weighted by Gasteiger charge is -2.12. The van der Waals surface area contributed by atoms with Gasteiger partial charge >= 0.3 is 0 Å². The molecule has 2 aromatic heterocycles. The molecule has 1 amide bonds. The quantitative estimate of drug-likeness (QED) is 0.282. The fourth-order valence-corrected chi connectivity index (χ4v) is 5.23. The number of hydrogen-bond donors (Lipinski definition) is 1. The van der Waals surface area contributed by atoms with Gasteiger partial charge in [0.05, 0.1) is 36.6 Å². The first-order chi connectivity index (χ1) is 16.6. The minimum Gasteiger partial charge on any atom is -0.497 e. The molecule has 0 radical (unpaired) electrons. The van der Waals surface area contributed by atoms with Crippen LogP contribution in [0, 0.1) is 0 Å². The Labute approximate surface area is 204 Å². The summed E-state index contributed by atoms with van der Waals surface area (Å²) in [5.74, 6) is 1.26. The molecule has 0 unspecified atom stereocenters. The Bertz CT molecular complexity index is 1430. The molecule has 10 heteroatoms. The summed E-state index contributed by atoms with van der Waals surface area (Å²) in [6.07, 6.45) is 1.91. The largest absolute Gasteiger partial charge is 0.497 e. The number of hydrogen-bond acceptors (Lipinski definition) is 8. The average Bonchev–Trinajstić information content (AvgIpc) is 3.59. The van der Waals surface area contributed by atoms with Crippen LogP contribution in [0.5, 0.6) is 11.5 Å². The van der Waals surface area contributed by atoms with Crippen LogP contribution < -0.4 is 20.3 Å². The SMILES string of the molecule is COc1ccc(OC)c(-c2csc(NC(=O)CSc3nc4ccccc4c(=O)n3C3CC3)n2)c1. The number of aromatic nitrogens is 3. The second kappa shape index (κ2) is 9.47. The van der Waals surface area contributed by atoms with Crippen molar-refractivity contribution in [3.63, 3.8) is 0 Å². The number of nitrogens with zero attached hydrogens (tertiary/aromatic N) is 3. The Morgan fingerprint density at radius 2 is 2.00 bits per heavy atom. The highest BCUT2D eigenvalue weighted by Gasteiger charge is 2.28. The van der Waals surface area contributed by atoms with E-state index in [-0.39, 0.29) is 23.3 Å². The molecule has 0 saturated heterocycles. The van der Waals surface area contributed by atoms with Gasteiger partial charge in [-0.25, -0.2) is 9.97 Å². The van der Waals surface area contributed by atoms with Crippen molar-refractivity contribution in [1.29, 1.82) is 0 Å². The van der Waals surface area contributed by atoms with Gasteiger partial charge in [-0.2, -0.15) is 0 Å². The molecule has 0 bridgehead atoms. The maximum Gasteiger partial charge on any atom is 0.262 e. The minimum atomic E-state index is -0.215. The van der Waals surface area contributed by atoms with Gasteiger partial charge in [0.1, 0.15) is 11.5 Å². The van der Waals surface area contributed by atoms with E-state index in [9.17, 15) is 9.59 Å². The lowest BCUT2D eigenvalue weighted by molar-refractivity contribution is -0.113. The molecule has 2 aromatic carbocycles. The molecule has 0 atom stereocenters. The van der Waals surface area contributed by atoms with Crippen LogP contribution in [0.3, 0.4) is 0 Å². The summed E-state index contributed by atoms with van der Waals surface area (Å²) in [4.78, 5) is 34.9. The predicted molar refractivity (Wildman–Crippen MR) is 134 cm³/mol. The van der Waals surface area contributed by atoms with Gasteiger partial charge < -0.3 is 14.8 Å². The van der Waals surface area contributed by atoms with Crippen LogP contribution in [0.4, 0.5) is 5.13 Å². The van der Waals surface area contributed by atoms with E-state index in [1.54, 1.807) is 24.9 Å². The van der Waals surface area contributed by atoms with Gasteiger partial charge in [0.25, 0.3) is 5.56 Å². The molecule has 1 saturated carbocycles. The molecule has 0 aliphatic heterocycles. The second-order valence-electron chi connectivity index (χ2n) is 7.76. The van der Waals surface area contributed by atoms with Crippen molar-refractivity contribution in [1.82, 2.24) is 14.5 Å². The molecule has 1 fully saturated rings. The highest BCUT2D eigenvalue weighted by Crippen LogP contribution is 2.37. The van der Waals surface area contributed by atoms with Crippen LogP contribution >= 0.6 is 23.1 Å². The number of carbonyl (C=O) groups excluding carboxylic acids is 1. The van der Waals surface area contributed by atoms with Crippen molar-refractivity contribution < 1.29 is 14.3 Å². The van der Waals surface area contributed by atoms with Crippen molar-refractivity contribution in [2.75, 3.05) is 25.3 Å². The van der Waals surface area contributed by atoms with E-state index in [4.69, 9.17) is 9.47 Å². The van der Waals surface area contributed by atoms with Crippen LogP contribution in [0.2, 0.25) is 0 Å². The normalized spacial score (nSPS) is 13.1. The third-order valence-corrected chi connectivity index (χ3v) is 7.16. The van der Waals surface area contributed by atoms with E-state index in [0.29, 0.717) is 38.4 Å². The van der Waals surface area contributed by atoms with Gasteiger partial charge in [-0.15, -0.1) is 11.3 Å². The van der Waals surface area contributed by atoms with E-state index >= 15 is 0 Å². The van der Waals surface area contributed by atoms with Crippen LogP contribution in [0.15, 0.2) is 57.8 Å². The van der Waals surface area contributed by atoms with Gasteiger partial charge in [-0.1, -0.05) is 23.9 Å². The fourth-order valence-electron chi connectivity index (χ4n) is 3.64. The summed E-state index contributed by atoms with van der Waals surface area (Å²) in [5, 5.41) is 6.36. The van der Waals surface area contributed by atoms with Gasteiger partial charge in [-0.3, -0.25) is 14.2 Å². The second-order valence-corrected chi connectivity index (χ2v) is 9.56. The molecule has 8 nitrogen and oxygen atoms in total. The third kappa shape index (κ3) is 4.51. The number of rotatable bonds is 8. The zero-order chi connectivity index (χ0) is 23.7. The number of amides is 1. The van der Waals surface area contributed by atoms with Gasteiger partial charge in [0.2, 0.25) is 5.91 Å². The smallest absolute Gasteiger partial charge is 0.262 e. The molecule has 34 heavy (non-hydrogen) atoms. The van der Waals surface area contributed by atoms with E-state index in [2.05, 4.69) is 15.3 Å². The molecule has 1 aliphatic carbocycles. The third-order valence-electron chi connectivity index (χ3n) is 5.45. The van der Waals surface area contributed by atoms with Crippen LogP contribution in [-0.4, -0.2) is 40.4 Å². The zero-order valence-electron chi connectivity index (χ0n) is 18.6. The maximum atomic E-state index is 13.0. The molecule has 5 rings (SSSR count). The van der Waals surface area contributed by atoms with Crippen molar-refractivity contribution in [2.45, 2.75) is 24.0 Å². The van der Waals surface area contributed by atoms with E-state index < -0.39 is 0 Å². The van der Waals surface area contributed by atoms with Crippen molar-refractivity contribution in [2.24, 2.45) is 0 Å². The van der Waals surface area contributed by atoms with E-state index in [1.807, 2.05) is 41.8 Å². The van der Waals surface area contributed by atoms with Crippen LogP contribution in [-0.2, 0) is 4.79 Å². The Kier molecular flexibility index (Phi) is 6.25. The lowest BCUT2D eigenvalue weighted by atomic mass is 10.1. The summed E-state index contributed by atoms with van der Waals surface area (Å²) >= 11 is 2.60. The maximum absolute atomic E-state index is 13.0. The summed E-state index contributed by atoms with van der Waals surface area (Å²) in [6, 6.07) is 13.0. The van der Waals surface area contributed by atoms with E-state index in [0.717, 1.165) is 18.4 Å². The van der Waals surface area contributed by atoms with Crippen LogP contribution in [0.1, 0.15) is 18.9 Å². The summed E-state index contributed by atoms with van der Waals surface area (Å²) in [6.45, 7) is 0. The number of para-hydroxylation sites is 1. The first kappa shape index (κ1) is 22.4. The Hall–Kier alpha value is -3.37. The summed E-state index contributed by atoms with van der Waals surface area (Å²) in [5.41, 5.74) is 2.06. The highest BCUT2D eigenvalue weighted by atomic mass is 32.2. The number of anilines is 1. The van der Waals surface area contributed by atoms with Gasteiger partial charge in [0.15, 0.2) is 10.3 Å². The standard InChI is InChI=1S/C24H22N4O4S2/c1-31-15-9-10-20(32-2)17(11-15)19-12-33-23(25-19)27-21(29)13-34-24-26-18-6-4-3-5-16(18)22(30)28(24)14-7-8-14/h3-6,9-12,14H,7-8,13H2,1-2H3,(H,25,27,29). The number of methoxy groups -OCH3 is 2. The number of fused-ring (bicyclic) bond motifs is 1. The van der Waals surface area contributed by atoms with E-state index in [1.165, 1.54) is 23.1 Å². The Morgan fingerprint density at radius 1 is 1.18 bits per heavy atom. The molecule has 4 aromatic rings. The van der Waals surface area contributed by atoms with Crippen molar-refractivity contribution in [3.8, 4) is 22.8 Å². The Balaban J connectivity index is 1.31. The first-order valence-electron chi connectivity index (χ1n) is 10.7. The van der Waals surface area contributed by atoms with Crippen molar-refractivity contribution in [3.05, 3.63) is 58.2 Å². The topological polar surface area (TPSA) is 95.3 Å². The van der Waals surface area contributed by atoms with Crippen molar-refractivity contribution >= 4 is 45.0 Å². The molecular weight excluding hydrogens is 472 g/mol. The average molecular weight is 495 g/mol. The van der Waals surface area contributed by atoms with Gasteiger partial charge in [0, 0.05) is 17.0 Å². The molecule has 1 N–H and O–H groups in total. The fraction of sp³-hybridized carbons (Fsp3) is 0.250. The Morgan fingerprint density at radius 3 is 2.76 bits per heavy atom. The lowest BCUT2D eigenvalue weighted by Crippen LogP contribution is -2.23. The first-order valence-corrected chi connectivity index (χ1v) is 12.6. The number of carbonyl (C=O) groups is 1. The monoisotopic (exact) mass is 494 g/mol. The molecule has 0 spiro atoms. The summed E-state index contributed by atoms with van der Waals surface area (Å²) in [7, 11) is 3.20. The number of thioether (sulfide) groups is 1. The predicted octanol–water partition coefficient (Wildman–Crippen LogP) is 4.60. The number of benzene rings is 2. The highest BCUT2D eigenvalue weighted by molar-refractivity contribution is 7.99. The molecular formula is C24H22N4O4S2. The van der Waals surface area contributed by atoms with Gasteiger partial charge in [-0.05, 0) is 43.2 Å². The zero-order valence-corrected chi connectivity index (χ0v) is 20.2. The molecule has 1 aliphatic rings.